The van der Waals surface area contributed by atoms with Crippen LogP contribution >= 0.6 is 11.6 Å². The number of nitrogens with zero attached hydrogens (tertiary/aromatic N) is 3. The van der Waals surface area contributed by atoms with Crippen LogP contribution in [0.15, 0.2) is 6.07 Å². The van der Waals surface area contributed by atoms with Crippen LogP contribution in [0, 0.1) is 26.0 Å². The number of pyridine rings is 1. The maximum atomic E-state index is 13.0. The van der Waals surface area contributed by atoms with E-state index in [2.05, 4.69) is 5.10 Å². The summed E-state index contributed by atoms with van der Waals surface area (Å²) in [6.07, 6.45) is -4.53. The van der Waals surface area contributed by atoms with Crippen LogP contribution < -0.4 is 4.73 Å². The highest BCUT2D eigenvalue weighted by atomic mass is 35.5. The van der Waals surface area contributed by atoms with Crippen molar-refractivity contribution < 1.29 is 17.9 Å². The molecule has 2 aromatic rings. The zero-order valence-corrected chi connectivity index (χ0v) is 12.6. The van der Waals surface area contributed by atoms with Crippen molar-refractivity contribution in [2.24, 2.45) is 7.05 Å². The number of aryl methyl sites for hydroxylation is 2. The Bertz CT molecular complexity index is 723. The molecule has 21 heavy (non-hydrogen) atoms. The number of rotatable bonds is 1. The first-order chi connectivity index (χ1) is 9.55. The molecule has 0 aliphatic heterocycles. The molecule has 0 saturated carbocycles. The van der Waals surface area contributed by atoms with Gasteiger partial charge in [-0.1, -0.05) is 11.6 Å². The Labute approximate surface area is 124 Å². The zero-order valence-electron chi connectivity index (χ0n) is 11.8. The third-order valence-electron chi connectivity index (χ3n) is 3.35. The van der Waals surface area contributed by atoms with Crippen molar-refractivity contribution in [3.05, 3.63) is 38.8 Å². The van der Waals surface area contributed by atoms with Gasteiger partial charge < -0.3 is 5.21 Å². The molecule has 0 aromatic carbocycles. The number of hydrogen-bond acceptors (Lipinski definition) is 2. The molecule has 114 valence electrons. The fourth-order valence-electron chi connectivity index (χ4n) is 2.32. The minimum Gasteiger partial charge on any atom is -0.618 e. The molecule has 0 fully saturated rings. The van der Waals surface area contributed by atoms with Gasteiger partial charge in [-0.2, -0.15) is 23.0 Å². The summed E-state index contributed by atoms with van der Waals surface area (Å²) in [6, 6.07) is 1.54. The smallest absolute Gasteiger partial charge is 0.433 e. The largest absolute Gasteiger partial charge is 0.618 e. The van der Waals surface area contributed by atoms with Crippen molar-refractivity contribution in [3.8, 4) is 11.4 Å². The molecule has 0 aliphatic carbocycles. The van der Waals surface area contributed by atoms with Crippen LogP contribution in [0.4, 0.5) is 13.2 Å². The summed E-state index contributed by atoms with van der Waals surface area (Å²) in [4.78, 5) is 0. The van der Waals surface area contributed by atoms with Crippen LogP contribution in [-0.4, -0.2) is 9.78 Å². The first-order valence-electron chi connectivity index (χ1n) is 6.06. The van der Waals surface area contributed by atoms with Crippen molar-refractivity contribution in [1.29, 1.82) is 0 Å². The molecule has 0 bridgehead atoms. The van der Waals surface area contributed by atoms with Gasteiger partial charge >= 0.3 is 6.18 Å². The van der Waals surface area contributed by atoms with Crippen LogP contribution in [0.2, 0.25) is 5.02 Å². The lowest BCUT2D eigenvalue weighted by Gasteiger charge is -2.10. The predicted octanol–water partition coefficient (Wildman–Crippen LogP) is 3.32. The molecule has 8 heteroatoms. The molecule has 0 spiro atoms. The lowest BCUT2D eigenvalue weighted by atomic mass is 10.1. The highest BCUT2D eigenvalue weighted by molar-refractivity contribution is 6.31. The molecule has 0 radical (unpaired) electrons. The monoisotopic (exact) mass is 319 g/mol. The van der Waals surface area contributed by atoms with Crippen LogP contribution in [0.5, 0.6) is 0 Å². The van der Waals surface area contributed by atoms with Crippen LogP contribution in [-0.2, 0) is 13.2 Å². The third kappa shape index (κ3) is 2.46. The molecule has 0 atom stereocenters. The summed E-state index contributed by atoms with van der Waals surface area (Å²) in [5, 5.41) is 16.4. The minimum absolute atomic E-state index is 0.0112. The molecule has 0 aliphatic rings. The standard InChI is InChI=1S/C13H13ClF3N3O/c1-6-5-9(14)8(3)20(21)11(6)10-7(2)12(13(15,16)17)19(4)18-10/h5H,1-4H3. The quantitative estimate of drug-likeness (QED) is 0.598. The molecule has 2 aromatic heterocycles. The second-order valence-electron chi connectivity index (χ2n) is 4.85. The molecule has 4 nitrogen and oxygen atoms in total. The second kappa shape index (κ2) is 4.91. The van der Waals surface area contributed by atoms with Gasteiger partial charge in [-0.3, -0.25) is 4.68 Å². The average molecular weight is 320 g/mol. The maximum absolute atomic E-state index is 13.0. The van der Waals surface area contributed by atoms with Gasteiger partial charge in [-0.05, 0) is 19.9 Å². The van der Waals surface area contributed by atoms with Gasteiger partial charge in [0.05, 0.1) is 0 Å². The molecule has 0 N–H and O–H groups in total. The predicted molar refractivity (Wildman–Crippen MR) is 71.8 cm³/mol. The summed E-state index contributed by atoms with van der Waals surface area (Å²) in [6.45, 7) is 4.41. The van der Waals surface area contributed by atoms with Crippen molar-refractivity contribution in [2.45, 2.75) is 26.9 Å². The summed E-state index contributed by atoms with van der Waals surface area (Å²) in [7, 11) is 1.20. The summed E-state index contributed by atoms with van der Waals surface area (Å²) >= 11 is 5.90. The van der Waals surface area contributed by atoms with Crippen LogP contribution in [0.1, 0.15) is 22.5 Å². The first kappa shape index (κ1) is 15.6. The van der Waals surface area contributed by atoms with E-state index in [-0.39, 0.29) is 27.7 Å². The van der Waals surface area contributed by atoms with Crippen LogP contribution in [0.3, 0.4) is 0 Å². The number of hydrogen-bond donors (Lipinski definition) is 0. The van der Waals surface area contributed by atoms with Gasteiger partial charge in [0, 0.05) is 25.1 Å². The van der Waals surface area contributed by atoms with E-state index in [1.54, 1.807) is 13.0 Å². The number of aromatic nitrogens is 3. The first-order valence-corrected chi connectivity index (χ1v) is 6.44. The van der Waals surface area contributed by atoms with Gasteiger partial charge in [0.2, 0.25) is 11.4 Å². The summed E-state index contributed by atoms with van der Waals surface area (Å²) in [5.74, 6) is 0. The normalized spacial score (nSPS) is 12.0. The Kier molecular flexibility index (Phi) is 3.65. The zero-order chi connectivity index (χ0) is 16.1. The molecule has 2 rings (SSSR count). The molecule has 2 heterocycles. The lowest BCUT2D eigenvalue weighted by molar-refractivity contribution is -0.601. The van der Waals surface area contributed by atoms with Crippen molar-refractivity contribution in [2.75, 3.05) is 0 Å². The van der Waals surface area contributed by atoms with Gasteiger partial charge in [0.15, 0.2) is 5.69 Å². The second-order valence-corrected chi connectivity index (χ2v) is 5.25. The Morgan fingerprint density at radius 2 is 1.86 bits per heavy atom. The maximum Gasteiger partial charge on any atom is 0.433 e. The van der Waals surface area contributed by atoms with E-state index in [1.165, 1.54) is 20.9 Å². The summed E-state index contributed by atoms with van der Waals surface area (Å²) in [5.41, 5.74) is -0.173. The minimum atomic E-state index is -4.53. The van der Waals surface area contributed by atoms with Crippen molar-refractivity contribution >= 4 is 11.6 Å². The van der Waals surface area contributed by atoms with E-state index >= 15 is 0 Å². The summed E-state index contributed by atoms with van der Waals surface area (Å²) < 4.78 is 40.3. The van der Waals surface area contributed by atoms with Gasteiger partial charge in [-0.25, -0.2) is 0 Å². The van der Waals surface area contributed by atoms with E-state index < -0.39 is 11.9 Å². The van der Waals surface area contributed by atoms with Crippen molar-refractivity contribution in [1.82, 2.24) is 9.78 Å². The molecular formula is C13H13ClF3N3O. The fraction of sp³-hybridized carbons (Fsp3) is 0.385. The highest BCUT2D eigenvalue weighted by Gasteiger charge is 2.39. The van der Waals surface area contributed by atoms with E-state index in [9.17, 15) is 18.4 Å². The Morgan fingerprint density at radius 1 is 1.29 bits per heavy atom. The van der Waals surface area contributed by atoms with Gasteiger partial charge in [0.1, 0.15) is 10.7 Å². The van der Waals surface area contributed by atoms with E-state index in [0.717, 1.165) is 4.68 Å². The van der Waals surface area contributed by atoms with E-state index in [0.29, 0.717) is 10.3 Å². The van der Waals surface area contributed by atoms with E-state index in [1.807, 2.05) is 0 Å². The molecular weight excluding hydrogens is 307 g/mol. The Morgan fingerprint density at radius 3 is 2.33 bits per heavy atom. The van der Waals surface area contributed by atoms with Gasteiger partial charge in [-0.15, -0.1) is 0 Å². The van der Waals surface area contributed by atoms with Crippen molar-refractivity contribution in [3.63, 3.8) is 0 Å². The number of halogens is 4. The van der Waals surface area contributed by atoms with Crippen LogP contribution in [0.25, 0.3) is 11.4 Å². The van der Waals surface area contributed by atoms with Gasteiger partial charge in [0.25, 0.3) is 0 Å². The molecule has 0 saturated heterocycles. The SMILES string of the molecule is Cc1cc(Cl)c(C)[n+]([O-])c1-c1nn(C)c(C(F)(F)F)c1C. The Balaban J connectivity index is 2.79. The third-order valence-corrected chi connectivity index (χ3v) is 3.73. The molecule has 0 unspecified atom stereocenters. The fourth-order valence-corrected chi connectivity index (χ4v) is 2.56. The average Bonchev–Trinajstić information content (AvgIpc) is 2.61. The van der Waals surface area contributed by atoms with E-state index in [4.69, 9.17) is 11.6 Å². The molecule has 0 amide bonds. The highest BCUT2D eigenvalue weighted by Crippen LogP contribution is 2.36. The topological polar surface area (TPSA) is 44.8 Å². The number of alkyl halides is 3. The Hall–Kier alpha value is -1.76. The lowest BCUT2D eigenvalue weighted by Crippen LogP contribution is -2.34.